The molecule has 0 aliphatic heterocycles. The van der Waals surface area contributed by atoms with E-state index in [1.54, 1.807) is 0 Å². The van der Waals surface area contributed by atoms with E-state index in [1.807, 2.05) is 0 Å². The molecule has 60 valence electrons. The van der Waals surface area contributed by atoms with Crippen LogP contribution in [0.1, 0.15) is 39.5 Å². The molecule has 1 aliphatic carbocycles. The maximum absolute atomic E-state index is 3.58. The highest BCUT2D eigenvalue weighted by molar-refractivity contribution is 9.09. The van der Waals surface area contributed by atoms with Crippen molar-refractivity contribution in [1.82, 2.24) is 0 Å². The average molecular weight is 205 g/mol. The Morgan fingerprint density at radius 3 is 2.20 bits per heavy atom. The van der Waals surface area contributed by atoms with Crippen molar-refractivity contribution in [1.29, 1.82) is 0 Å². The summed E-state index contributed by atoms with van der Waals surface area (Å²) in [6.07, 6.45) is 5.83. The molecule has 0 atom stereocenters. The molecule has 0 spiro atoms. The Kier molecular flexibility index (Phi) is 2.79. The van der Waals surface area contributed by atoms with Crippen LogP contribution in [0.15, 0.2) is 0 Å². The standard InChI is InChI=1S/C9H17Br/c1-9(2,7-10)8-5-3-4-6-8/h8H,3-7H2,1-2H3. The van der Waals surface area contributed by atoms with Crippen LogP contribution in [0.4, 0.5) is 0 Å². The van der Waals surface area contributed by atoms with Gasteiger partial charge < -0.3 is 0 Å². The lowest BCUT2D eigenvalue weighted by molar-refractivity contribution is 0.255. The minimum Gasteiger partial charge on any atom is -0.0922 e. The van der Waals surface area contributed by atoms with E-state index in [1.165, 1.54) is 25.7 Å². The predicted molar refractivity (Wildman–Crippen MR) is 49.5 cm³/mol. The van der Waals surface area contributed by atoms with Crippen LogP contribution >= 0.6 is 15.9 Å². The average Bonchev–Trinajstić information content (AvgIpc) is 2.38. The van der Waals surface area contributed by atoms with Crippen molar-refractivity contribution in [3.63, 3.8) is 0 Å². The highest BCUT2D eigenvalue weighted by atomic mass is 79.9. The van der Waals surface area contributed by atoms with E-state index < -0.39 is 0 Å². The van der Waals surface area contributed by atoms with Crippen LogP contribution in [0.2, 0.25) is 0 Å². The monoisotopic (exact) mass is 204 g/mol. The zero-order valence-electron chi connectivity index (χ0n) is 6.99. The zero-order chi connectivity index (χ0) is 7.61. The number of halogens is 1. The number of hydrogen-bond acceptors (Lipinski definition) is 0. The lowest BCUT2D eigenvalue weighted by atomic mass is 9.80. The summed E-state index contributed by atoms with van der Waals surface area (Å²) in [4.78, 5) is 0. The van der Waals surface area contributed by atoms with Crippen molar-refractivity contribution in [2.75, 3.05) is 5.33 Å². The fraction of sp³-hybridized carbons (Fsp3) is 1.00. The van der Waals surface area contributed by atoms with Gasteiger partial charge in [0.2, 0.25) is 0 Å². The summed E-state index contributed by atoms with van der Waals surface area (Å²) in [7, 11) is 0. The third-order valence-corrected chi connectivity index (χ3v) is 4.25. The van der Waals surface area contributed by atoms with Crippen LogP contribution in [0, 0.1) is 11.3 Å². The third kappa shape index (κ3) is 1.75. The molecule has 0 aromatic rings. The molecule has 10 heavy (non-hydrogen) atoms. The molecule has 0 nitrogen and oxygen atoms in total. The van der Waals surface area contributed by atoms with Gasteiger partial charge >= 0.3 is 0 Å². The highest BCUT2D eigenvalue weighted by Gasteiger charge is 2.30. The van der Waals surface area contributed by atoms with Gasteiger partial charge in [-0.1, -0.05) is 42.6 Å². The first-order chi connectivity index (χ1) is 4.67. The van der Waals surface area contributed by atoms with Gasteiger partial charge in [-0.15, -0.1) is 0 Å². The Labute approximate surface area is 72.5 Å². The quantitative estimate of drug-likeness (QED) is 0.604. The normalized spacial score (nSPS) is 21.9. The second-order valence-electron chi connectivity index (χ2n) is 4.10. The number of alkyl halides is 1. The highest BCUT2D eigenvalue weighted by Crippen LogP contribution is 2.40. The van der Waals surface area contributed by atoms with Crippen molar-refractivity contribution in [3.8, 4) is 0 Å². The summed E-state index contributed by atoms with van der Waals surface area (Å²) in [5.74, 6) is 0.979. The molecular weight excluding hydrogens is 188 g/mol. The van der Waals surface area contributed by atoms with E-state index in [4.69, 9.17) is 0 Å². The molecule has 1 aliphatic rings. The topological polar surface area (TPSA) is 0 Å². The van der Waals surface area contributed by atoms with Crippen LogP contribution in [0.3, 0.4) is 0 Å². The Morgan fingerprint density at radius 2 is 1.80 bits per heavy atom. The molecule has 1 rings (SSSR count). The fourth-order valence-corrected chi connectivity index (χ4v) is 2.27. The maximum atomic E-state index is 3.58. The summed E-state index contributed by atoms with van der Waals surface area (Å²) in [5, 5.41) is 1.16. The predicted octanol–water partition coefficient (Wildman–Crippen LogP) is 3.60. The van der Waals surface area contributed by atoms with E-state index in [9.17, 15) is 0 Å². The fourth-order valence-electron chi connectivity index (χ4n) is 1.82. The smallest absolute Gasteiger partial charge is 0.00853 e. The number of rotatable bonds is 2. The molecule has 0 aromatic carbocycles. The van der Waals surface area contributed by atoms with Gasteiger partial charge in [0.25, 0.3) is 0 Å². The van der Waals surface area contributed by atoms with Crippen LogP contribution in [0.25, 0.3) is 0 Å². The molecule has 0 radical (unpaired) electrons. The van der Waals surface area contributed by atoms with Crippen molar-refractivity contribution >= 4 is 15.9 Å². The summed E-state index contributed by atoms with van der Waals surface area (Å²) < 4.78 is 0. The van der Waals surface area contributed by atoms with Gasteiger partial charge in [-0.3, -0.25) is 0 Å². The van der Waals surface area contributed by atoms with E-state index in [2.05, 4.69) is 29.8 Å². The molecule has 1 heteroatoms. The summed E-state index contributed by atoms with van der Waals surface area (Å²) in [5.41, 5.74) is 0.538. The maximum Gasteiger partial charge on any atom is 0.00853 e. The van der Waals surface area contributed by atoms with E-state index in [0.29, 0.717) is 5.41 Å². The largest absolute Gasteiger partial charge is 0.0922 e. The van der Waals surface area contributed by atoms with Crippen molar-refractivity contribution in [3.05, 3.63) is 0 Å². The minimum absolute atomic E-state index is 0.538. The molecular formula is C9H17Br. The zero-order valence-corrected chi connectivity index (χ0v) is 8.58. The first kappa shape index (κ1) is 8.58. The van der Waals surface area contributed by atoms with E-state index in [0.717, 1.165) is 11.2 Å². The molecule has 0 saturated heterocycles. The van der Waals surface area contributed by atoms with Crippen LogP contribution in [0.5, 0.6) is 0 Å². The van der Waals surface area contributed by atoms with Gasteiger partial charge in [0.15, 0.2) is 0 Å². The van der Waals surface area contributed by atoms with Gasteiger partial charge in [0, 0.05) is 5.33 Å². The lowest BCUT2D eigenvalue weighted by Gasteiger charge is -2.29. The van der Waals surface area contributed by atoms with Gasteiger partial charge in [-0.2, -0.15) is 0 Å². The molecule has 0 aromatic heterocycles. The first-order valence-corrected chi connectivity index (χ1v) is 5.35. The Morgan fingerprint density at radius 1 is 1.30 bits per heavy atom. The summed E-state index contributed by atoms with van der Waals surface area (Å²) in [6, 6.07) is 0. The van der Waals surface area contributed by atoms with Crippen molar-refractivity contribution in [2.24, 2.45) is 11.3 Å². The van der Waals surface area contributed by atoms with Crippen LogP contribution in [-0.2, 0) is 0 Å². The molecule has 0 N–H and O–H groups in total. The van der Waals surface area contributed by atoms with Gasteiger partial charge in [-0.05, 0) is 24.2 Å². The van der Waals surface area contributed by atoms with Crippen molar-refractivity contribution in [2.45, 2.75) is 39.5 Å². The Hall–Kier alpha value is 0.480. The SMILES string of the molecule is CC(C)(CBr)C1CCCC1. The third-order valence-electron chi connectivity index (χ3n) is 2.80. The first-order valence-electron chi connectivity index (χ1n) is 4.23. The second kappa shape index (κ2) is 3.25. The molecule has 1 saturated carbocycles. The molecule has 0 bridgehead atoms. The second-order valence-corrected chi connectivity index (χ2v) is 4.66. The van der Waals surface area contributed by atoms with E-state index in [-0.39, 0.29) is 0 Å². The summed E-state index contributed by atoms with van der Waals surface area (Å²) in [6.45, 7) is 4.75. The molecule has 0 unspecified atom stereocenters. The molecule has 0 heterocycles. The summed E-state index contributed by atoms with van der Waals surface area (Å²) >= 11 is 3.58. The number of hydrogen-bond donors (Lipinski definition) is 0. The molecule has 0 amide bonds. The van der Waals surface area contributed by atoms with Gasteiger partial charge in [0.05, 0.1) is 0 Å². The Bertz CT molecular complexity index is 101. The van der Waals surface area contributed by atoms with Crippen molar-refractivity contribution < 1.29 is 0 Å². The minimum atomic E-state index is 0.538. The Balaban J connectivity index is 2.45. The lowest BCUT2D eigenvalue weighted by Crippen LogP contribution is -2.22. The van der Waals surface area contributed by atoms with Crippen LogP contribution < -0.4 is 0 Å². The van der Waals surface area contributed by atoms with E-state index >= 15 is 0 Å². The molecule has 1 fully saturated rings. The van der Waals surface area contributed by atoms with Crippen LogP contribution in [-0.4, -0.2) is 5.33 Å². The van der Waals surface area contributed by atoms with Gasteiger partial charge in [-0.25, -0.2) is 0 Å². The van der Waals surface area contributed by atoms with Gasteiger partial charge in [0.1, 0.15) is 0 Å².